The molecule has 1 aliphatic rings. The Morgan fingerprint density at radius 3 is 2.71 bits per heavy atom. The minimum atomic E-state index is -0.409. The van der Waals surface area contributed by atoms with Gasteiger partial charge in [0.05, 0.1) is 32.0 Å². The third-order valence-electron chi connectivity index (χ3n) is 2.80. The molecule has 0 bridgehead atoms. The molecule has 17 heavy (non-hydrogen) atoms. The number of aliphatic hydroxyl groups is 1. The molecule has 1 atom stereocenters. The molecule has 1 fully saturated rings. The minimum Gasteiger partial charge on any atom is -0.389 e. The highest BCUT2D eigenvalue weighted by Crippen LogP contribution is 2.31. The Morgan fingerprint density at radius 1 is 1.29 bits per heavy atom. The number of hydrogen-bond donors (Lipinski definition) is 2. The van der Waals surface area contributed by atoms with Gasteiger partial charge in [-0.3, -0.25) is 0 Å². The topological polar surface area (TPSA) is 50.7 Å². The molecule has 4 heteroatoms. The lowest BCUT2D eigenvalue weighted by Crippen LogP contribution is -2.31. The summed E-state index contributed by atoms with van der Waals surface area (Å²) in [4.78, 5) is 0. The molecule has 0 radical (unpaired) electrons. The van der Waals surface area contributed by atoms with Crippen LogP contribution in [0.1, 0.15) is 33.1 Å². The first kappa shape index (κ1) is 14.9. The third-order valence-corrected chi connectivity index (χ3v) is 2.80. The van der Waals surface area contributed by atoms with Gasteiger partial charge in [0.1, 0.15) is 0 Å². The Labute approximate surface area is 105 Å². The Kier molecular flexibility index (Phi) is 7.77. The van der Waals surface area contributed by atoms with E-state index in [-0.39, 0.29) is 6.10 Å². The van der Waals surface area contributed by atoms with Crippen LogP contribution in [0.15, 0.2) is 0 Å². The summed E-state index contributed by atoms with van der Waals surface area (Å²) in [6, 6.07) is 0. The van der Waals surface area contributed by atoms with E-state index in [1.807, 2.05) is 13.8 Å². The quantitative estimate of drug-likeness (QED) is 0.537. The first-order valence-corrected chi connectivity index (χ1v) is 6.76. The van der Waals surface area contributed by atoms with Gasteiger partial charge in [-0.05, 0) is 32.7 Å². The van der Waals surface area contributed by atoms with E-state index in [1.165, 1.54) is 19.3 Å². The lowest BCUT2D eigenvalue weighted by atomic mass is 10.3. The zero-order chi connectivity index (χ0) is 12.5. The molecular weight excluding hydrogens is 218 g/mol. The van der Waals surface area contributed by atoms with Crippen LogP contribution >= 0.6 is 0 Å². The molecule has 0 aromatic heterocycles. The maximum Gasteiger partial charge on any atom is 0.0897 e. The summed E-state index contributed by atoms with van der Waals surface area (Å²) in [5, 5.41) is 12.9. The Hall–Kier alpha value is -0.160. The van der Waals surface area contributed by atoms with Crippen molar-refractivity contribution < 1.29 is 14.6 Å². The first-order chi connectivity index (χ1) is 8.18. The van der Waals surface area contributed by atoms with Gasteiger partial charge in [-0.25, -0.2) is 0 Å². The molecule has 2 N–H and O–H groups in total. The molecule has 4 nitrogen and oxygen atoms in total. The van der Waals surface area contributed by atoms with E-state index in [1.54, 1.807) is 0 Å². The highest BCUT2D eigenvalue weighted by atomic mass is 16.5. The zero-order valence-corrected chi connectivity index (χ0v) is 11.2. The number of ether oxygens (including phenoxy) is 2. The maximum absolute atomic E-state index is 9.61. The average molecular weight is 245 g/mol. The van der Waals surface area contributed by atoms with Crippen LogP contribution in [-0.4, -0.2) is 50.2 Å². The fraction of sp³-hybridized carbons (Fsp3) is 1.00. The van der Waals surface area contributed by atoms with Gasteiger partial charge < -0.3 is 19.9 Å². The lowest BCUT2D eigenvalue weighted by Gasteiger charge is -2.13. The highest BCUT2D eigenvalue weighted by Gasteiger charge is 2.20. The van der Waals surface area contributed by atoms with Crippen molar-refractivity contribution in [3.8, 4) is 0 Å². The van der Waals surface area contributed by atoms with Crippen molar-refractivity contribution in [1.29, 1.82) is 0 Å². The van der Waals surface area contributed by atoms with Crippen LogP contribution in [-0.2, 0) is 9.47 Å². The maximum atomic E-state index is 9.61. The molecule has 1 saturated carbocycles. The largest absolute Gasteiger partial charge is 0.389 e. The van der Waals surface area contributed by atoms with Crippen LogP contribution in [0.25, 0.3) is 0 Å². The highest BCUT2D eigenvalue weighted by molar-refractivity contribution is 4.73. The lowest BCUT2D eigenvalue weighted by molar-refractivity contribution is -0.00993. The number of hydrogen-bond acceptors (Lipinski definition) is 4. The molecule has 1 rings (SSSR count). The summed E-state index contributed by atoms with van der Waals surface area (Å²) in [7, 11) is 0. The van der Waals surface area contributed by atoms with E-state index in [4.69, 9.17) is 9.47 Å². The van der Waals surface area contributed by atoms with Gasteiger partial charge in [0.15, 0.2) is 0 Å². The second-order valence-corrected chi connectivity index (χ2v) is 5.08. The van der Waals surface area contributed by atoms with Gasteiger partial charge in [-0.2, -0.15) is 0 Å². The number of nitrogens with one attached hydrogen (secondary N) is 1. The average Bonchev–Trinajstić information content (AvgIpc) is 3.07. The Morgan fingerprint density at radius 2 is 2.06 bits per heavy atom. The van der Waals surface area contributed by atoms with Gasteiger partial charge in [0.2, 0.25) is 0 Å². The van der Waals surface area contributed by atoms with Crippen molar-refractivity contribution in [2.75, 3.05) is 32.9 Å². The van der Waals surface area contributed by atoms with Gasteiger partial charge in [0.25, 0.3) is 0 Å². The SMILES string of the molecule is CC(C)OCCOCC(O)CNCCC1CC1. The minimum absolute atomic E-state index is 0.243. The number of rotatable bonds is 11. The molecule has 0 aromatic rings. The zero-order valence-electron chi connectivity index (χ0n) is 11.2. The molecule has 1 aliphatic carbocycles. The number of aliphatic hydroxyl groups excluding tert-OH is 1. The van der Waals surface area contributed by atoms with Crippen LogP contribution in [0.4, 0.5) is 0 Å². The molecule has 0 aromatic carbocycles. The van der Waals surface area contributed by atoms with E-state index < -0.39 is 6.10 Å². The van der Waals surface area contributed by atoms with Crippen LogP contribution in [0.5, 0.6) is 0 Å². The van der Waals surface area contributed by atoms with E-state index >= 15 is 0 Å². The van der Waals surface area contributed by atoms with Gasteiger partial charge in [-0.15, -0.1) is 0 Å². The van der Waals surface area contributed by atoms with E-state index in [0.29, 0.717) is 26.4 Å². The molecule has 0 saturated heterocycles. The second-order valence-electron chi connectivity index (χ2n) is 5.08. The van der Waals surface area contributed by atoms with Crippen molar-refractivity contribution >= 4 is 0 Å². The summed E-state index contributed by atoms with van der Waals surface area (Å²) in [5.74, 6) is 0.948. The molecule has 1 unspecified atom stereocenters. The van der Waals surface area contributed by atoms with Gasteiger partial charge >= 0.3 is 0 Å². The predicted molar refractivity (Wildman–Crippen MR) is 68.1 cm³/mol. The molecule has 0 amide bonds. The molecule has 0 aliphatic heterocycles. The fourth-order valence-electron chi connectivity index (χ4n) is 1.60. The van der Waals surface area contributed by atoms with Gasteiger partial charge in [-0.1, -0.05) is 12.8 Å². The normalized spacial score (nSPS) is 17.6. The van der Waals surface area contributed by atoms with Crippen molar-refractivity contribution in [3.63, 3.8) is 0 Å². The Balaban J connectivity index is 1.78. The Bertz CT molecular complexity index is 184. The summed E-state index contributed by atoms with van der Waals surface area (Å²) in [6.07, 6.45) is 3.86. The van der Waals surface area contributed by atoms with Crippen molar-refractivity contribution in [3.05, 3.63) is 0 Å². The second kappa shape index (κ2) is 8.86. The van der Waals surface area contributed by atoms with Crippen molar-refractivity contribution in [1.82, 2.24) is 5.32 Å². The summed E-state index contributed by atoms with van der Waals surface area (Å²) in [6.45, 7) is 7.17. The molecular formula is C13H27NO3. The predicted octanol–water partition coefficient (Wildman–Crippen LogP) is 1.18. The summed E-state index contributed by atoms with van der Waals surface area (Å²) >= 11 is 0. The molecule has 0 heterocycles. The third kappa shape index (κ3) is 9.53. The van der Waals surface area contributed by atoms with E-state index in [9.17, 15) is 5.11 Å². The fourth-order valence-corrected chi connectivity index (χ4v) is 1.60. The van der Waals surface area contributed by atoms with E-state index in [2.05, 4.69) is 5.32 Å². The van der Waals surface area contributed by atoms with Crippen LogP contribution in [0.2, 0.25) is 0 Å². The van der Waals surface area contributed by atoms with Crippen LogP contribution in [0.3, 0.4) is 0 Å². The summed E-state index contributed by atoms with van der Waals surface area (Å²) in [5.41, 5.74) is 0. The van der Waals surface area contributed by atoms with E-state index in [0.717, 1.165) is 12.5 Å². The monoisotopic (exact) mass is 245 g/mol. The van der Waals surface area contributed by atoms with Crippen molar-refractivity contribution in [2.24, 2.45) is 5.92 Å². The van der Waals surface area contributed by atoms with Gasteiger partial charge in [0, 0.05) is 6.54 Å². The molecule has 102 valence electrons. The summed E-state index contributed by atoms with van der Waals surface area (Å²) < 4.78 is 10.7. The first-order valence-electron chi connectivity index (χ1n) is 6.76. The standard InChI is InChI=1S/C13H27NO3/c1-11(2)17-8-7-16-10-13(15)9-14-6-5-12-3-4-12/h11-15H,3-10H2,1-2H3. The smallest absolute Gasteiger partial charge is 0.0897 e. The van der Waals surface area contributed by atoms with Crippen LogP contribution in [0, 0.1) is 5.92 Å². The molecule has 0 spiro atoms. The van der Waals surface area contributed by atoms with Crippen LogP contribution < -0.4 is 5.32 Å². The van der Waals surface area contributed by atoms with Crippen molar-refractivity contribution in [2.45, 2.75) is 45.3 Å².